The number of amides is 1. The van der Waals surface area contributed by atoms with Gasteiger partial charge in [-0.2, -0.15) is 0 Å². The van der Waals surface area contributed by atoms with Crippen LogP contribution in [-0.2, 0) is 9.59 Å². The van der Waals surface area contributed by atoms with Crippen LogP contribution in [0.2, 0.25) is 0 Å². The van der Waals surface area contributed by atoms with Crippen LogP contribution in [0.15, 0.2) is 0 Å². The number of nitrogens with two attached hydrogens (primary N) is 1. The van der Waals surface area contributed by atoms with Crippen molar-refractivity contribution >= 4 is 11.9 Å². The zero-order valence-electron chi connectivity index (χ0n) is 11.7. The average Bonchev–Trinajstić information content (AvgIpc) is 2.84. The van der Waals surface area contributed by atoms with E-state index < -0.39 is 5.97 Å². The molecule has 0 saturated heterocycles. The van der Waals surface area contributed by atoms with Crippen molar-refractivity contribution in [3.63, 3.8) is 0 Å². The third-order valence-electron chi connectivity index (χ3n) is 4.09. The lowest BCUT2D eigenvalue weighted by Crippen LogP contribution is -2.35. The van der Waals surface area contributed by atoms with Gasteiger partial charge in [-0.1, -0.05) is 13.3 Å². The molecular weight excluding hydrogens is 244 g/mol. The number of carboxylic acid groups (broad SMARTS) is 1. The van der Waals surface area contributed by atoms with Crippen molar-refractivity contribution in [2.24, 2.45) is 23.5 Å². The van der Waals surface area contributed by atoms with E-state index in [1.165, 1.54) is 0 Å². The van der Waals surface area contributed by atoms with E-state index in [9.17, 15) is 9.59 Å². The Morgan fingerprint density at radius 3 is 2.74 bits per heavy atom. The molecule has 0 aromatic rings. The van der Waals surface area contributed by atoms with E-state index in [2.05, 4.69) is 5.32 Å². The Morgan fingerprint density at radius 2 is 2.11 bits per heavy atom. The fraction of sp³-hybridized carbons (Fsp3) is 0.857. The first-order chi connectivity index (χ1) is 9.04. The Morgan fingerprint density at radius 1 is 1.37 bits per heavy atom. The summed E-state index contributed by atoms with van der Waals surface area (Å²) in [4.78, 5) is 22.4. The second-order valence-corrected chi connectivity index (χ2v) is 5.65. The molecule has 0 aliphatic heterocycles. The molecule has 1 rings (SSSR count). The highest BCUT2D eigenvalue weighted by Crippen LogP contribution is 2.30. The van der Waals surface area contributed by atoms with Crippen molar-refractivity contribution in [3.8, 4) is 0 Å². The van der Waals surface area contributed by atoms with E-state index in [-0.39, 0.29) is 18.2 Å². The maximum absolute atomic E-state index is 12.0. The summed E-state index contributed by atoms with van der Waals surface area (Å²) in [6.45, 7) is 3.24. The second-order valence-electron chi connectivity index (χ2n) is 5.65. The molecule has 0 heterocycles. The highest BCUT2D eigenvalue weighted by Gasteiger charge is 2.31. The van der Waals surface area contributed by atoms with Crippen LogP contribution in [-0.4, -0.2) is 30.1 Å². The summed E-state index contributed by atoms with van der Waals surface area (Å²) in [7, 11) is 0. The molecule has 1 aliphatic rings. The van der Waals surface area contributed by atoms with E-state index in [0.29, 0.717) is 31.3 Å². The van der Waals surface area contributed by atoms with Gasteiger partial charge in [0.05, 0.1) is 0 Å². The number of carboxylic acids is 1. The molecule has 0 radical (unpaired) electrons. The van der Waals surface area contributed by atoms with Gasteiger partial charge in [-0.25, -0.2) is 0 Å². The van der Waals surface area contributed by atoms with Crippen LogP contribution in [0.5, 0.6) is 0 Å². The van der Waals surface area contributed by atoms with E-state index in [1.807, 2.05) is 6.92 Å². The Balaban J connectivity index is 2.18. The maximum atomic E-state index is 12.0. The number of hydrogen-bond donors (Lipinski definition) is 3. The molecule has 1 fully saturated rings. The van der Waals surface area contributed by atoms with E-state index in [0.717, 1.165) is 25.7 Å². The quantitative estimate of drug-likeness (QED) is 0.621. The molecule has 5 heteroatoms. The fourth-order valence-electron chi connectivity index (χ4n) is 2.75. The minimum atomic E-state index is -0.757. The molecule has 110 valence electrons. The van der Waals surface area contributed by atoms with Gasteiger partial charge in [0, 0.05) is 18.9 Å². The normalized spacial score (nSPS) is 24.1. The first-order valence-corrected chi connectivity index (χ1v) is 7.24. The summed E-state index contributed by atoms with van der Waals surface area (Å²) in [5, 5.41) is 11.6. The van der Waals surface area contributed by atoms with Gasteiger partial charge in [0.15, 0.2) is 0 Å². The molecule has 19 heavy (non-hydrogen) atoms. The van der Waals surface area contributed by atoms with Gasteiger partial charge < -0.3 is 16.2 Å². The number of nitrogens with one attached hydrogen (secondary N) is 1. The summed E-state index contributed by atoms with van der Waals surface area (Å²) < 4.78 is 0. The third-order valence-corrected chi connectivity index (χ3v) is 4.09. The van der Waals surface area contributed by atoms with Gasteiger partial charge in [0.25, 0.3) is 0 Å². The summed E-state index contributed by atoms with van der Waals surface area (Å²) in [5.74, 6) is 0.111. The van der Waals surface area contributed by atoms with Crippen LogP contribution in [0.25, 0.3) is 0 Å². The number of carbonyl (C=O) groups excluding carboxylic acids is 1. The van der Waals surface area contributed by atoms with Crippen molar-refractivity contribution in [1.29, 1.82) is 0 Å². The summed E-state index contributed by atoms with van der Waals surface area (Å²) in [6, 6.07) is 0. The van der Waals surface area contributed by atoms with Crippen LogP contribution >= 0.6 is 0 Å². The molecule has 3 unspecified atom stereocenters. The molecule has 1 saturated carbocycles. The lowest BCUT2D eigenvalue weighted by Gasteiger charge is -2.18. The smallest absolute Gasteiger partial charge is 0.303 e. The van der Waals surface area contributed by atoms with Crippen LogP contribution in [0.4, 0.5) is 0 Å². The largest absolute Gasteiger partial charge is 0.481 e. The highest BCUT2D eigenvalue weighted by atomic mass is 16.4. The van der Waals surface area contributed by atoms with Crippen molar-refractivity contribution in [2.45, 2.75) is 45.4 Å². The average molecular weight is 270 g/mol. The first-order valence-electron chi connectivity index (χ1n) is 7.24. The molecule has 0 aromatic carbocycles. The summed E-state index contributed by atoms with van der Waals surface area (Å²) >= 11 is 0. The summed E-state index contributed by atoms with van der Waals surface area (Å²) in [5.41, 5.74) is 5.67. The molecule has 1 aliphatic carbocycles. The summed E-state index contributed by atoms with van der Waals surface area (Å²) in [6.07, 6.45) is 4.80. The standard InChI is InChI=1S/C14H26N2O3/c1-10(5-6-13(17)18)7-8-16-14(19)12-4-2-3-11(12)9-15/h10-12H,2-9,15H2,1H3,(H,16,19)(H,17,18). The zero-order valence-corrected chi connectivity index (χ0v) is 11.7. The Hall–Kier alpha value is -1.10. The predicted molar refractivity (Wildman–Crippen MR) is 73.5 cm³/mol. The van der Waals surface area contributed by atoms with Crippen LogP contribution < -0.4 is 11.1 Å². The lowest BCUT2D eigenvalue weighted by molar-refractivity contribution is -0.137. The number of rotatable bonds is 8. The minimum Gasteiger partial charge on any atom is -0.481 e. The van der Waals surface area contributed by atoms with Crippen LogP contribution in [0.1, 0.15) is 45.4 Å². The third kappa shape index (κ3) is 5.59. The van der Waals surface area contributed by atoms with Gasteiger partial charge >= 0.3 is 5.97 Å². The minimum absolute atomic E-state index is 0.0827. The SMILES string of the molecule is CC(CCNC(=O)C1CCCC1CN)CCC(=O)O. The van der Waals surface area contributed by atoms with E-state index in [1.54, 1.807) is 0 Å². The molecule has 0 spiro atoms. The van der Waals surface area contributed by atoms with Crippen molar-refractivity contribution in [3.05, 3.63) is 0 Å². The van der Waals surface area contributed by atoms with Gasteiger partial charge in [0.2, 0.25) is 5.91 Å². The van der Waals surface area contributed by atoms with Crippen molar-refractivity contribution in [1.82, 2.24) is 5.32 Å². The molecule has 0 bridgehead atoms. The second kappa shape index (κ2) is 8.15. The molecule has 3 atom stereocenters. The van der Waals surface area contributed by atoms with Crippen LogP contribution in [0, 0.1) is 17.8 Å². The monoisotopic (exact) mass is 270 g/mol. The molecule has 5 nitrogen and oxygen atoms in total. The highest BCUT2D eigenvalue weighted by molar-refractivity contribution is 5.79. The number of aliphatic carboxylic acids is 1. The topological polar surface area (TPSA) is 92.4 Å². The van der Waals surface area contributed by atoms with Gasteiger partial charge in [-0.05, 0) is 44.1 Å². The predicted octanol–water partition coefficient (Wildman–Crippen LogP) is 1.37. The zero-order chi connectivity index (χ0) is 14.3. The van der Waals surface area contributed by atoms with E-state index in [4.69, 9.17) is 10.8 Å². The molecule has 4 N–H and O–H groups in total. The molecule has 0 aromatic heterocycles. The Labute approximate surface area is 114 Å². The van der Waals surface area contributed by atoms with Crippen LogP contribution in [0.3, 0.4) is 0 Å². The maximum Gasteiger partial charge on any atom is 0.303 e. The van der Waals surface area contributed by atoms with Gasteiger partial charge in [-0.15, -0.1) is 0 Å². The lowest BCUT2D eigenvalue weighted by atomic mass is 9.95. The Bertz CT molecular complexity index is 307. The van der Waals surface area contributed by atoms with Gasteiger partial charge in [0.1, 0.15) is 0 Å². The number of carbonyl (C=O) groups is 2. The van der Waals surface area contributed by atoms with Gasteiger partial charge in [-0.3, -0.25) is 9.59 Å². The molecule has 1 amide bonds. The van der Waals surface area contributed by atoms with Crippen molar-refractivity contribution < 1.29 is 14.7 Å². The van der Waals surface area contributed by atoms with Crippen molar-refractivity contribution in [2.75, 3.05) is 13.1 Å². The molecular formula is C14H26N2O3. The number of hydrogen-bond acceptors (Lipinski definition) is 3. The van der Waals surface area contributed by atoms with E-state index >= 15 is 0 Å². The fourth-order valence-corrected chi connectivity index (χ4v) is 2.75. The first kappa shape index (κ1) is 16.0. The Kier molecular flexibility index (Phi) is 6.84.